The van der Waals surface area contributed by atoms with Crippen molar-refractivity contribution in [2.75, 3.05) is 17.7 Å². The van der Waals surface area contributed by atoms with Gasteiger partial charge in [-0.3, -0.25) is 0 Å². The Bertz CT molecular complexity index is 681. The SMILES string of the molecule is FC(F)(F)c1cc(NCCCl)c2cccc(C(F)(F)F)c2n1. The number of alkyl halides is 7. The summed E-state index contributed by atoms with van der Waals surface area (Å²) in [6.07, 6.45) is -9.66. The summed E-state index contributed by atoms with van der Waals surface area (Å²) in [5, 5.41) is 2.54. The van der Waals surface area contributed by atoms with Crippen molar-refractivity contribution in [1.82, 2.24) is 4.98 Å². The van der Waals surface area contributed by atoms with Gasteiger partial charge >= 0.3 is 12.4 Å². The first kappa shape index (κ1) is 16.7. The van der Waals surface area contributed by atoms with Crippen molar-refractivity contribution in [3.8, 4) is 0 Å². The molecule has 0 saturated carbocycles. The van der Waals surface area contributed by atoms with Crippen LogP contribution in [0.25, 0.3) is 10.9 Å². The molecule has 22 heavy (non-hydrogen) atoms. The van der Waals surface area contributed by atoms with Gasteiger partial charge in [0.25, 0.3) is 0 Å². The van der Waals surface area contributed by atoms with Gasteiger partial charge in [-0.25, -0.2) is 4.98 Å². The Morgan fingerprint density at radius 2 is 1.73 bits per heavy atom. The van der Waals surface area contributed by atoms with Gasteiger partial charge in [-0.15, -0.1) is 11.6 Å². The van der Waals surface area contributed by atoms with E-state index in [2.05, 4.69) is 10.3 Å². The van der Waals surface area contributed by atoms with Gasteiger partial charge in [0, 0.05) is 23.5 Å². The summed E-state index contributed by atoms with van der Waals surface area (Å²) in [4.78, 5) is 3.16. The molecule has 0 amide bonds. The fourth-order valence-electron chi connectivity index (χ4n) is 1.95. The number of pyridine rings is 1. The minimum absolute atomic E-state index is 0.0482. The lowest BCUT2D eigenvalue weighted by molar-refractivity contribution is -0.142. The molecule has 0 aliphatic carbocycles. The number of fused-ring (bicyclic) bond motifs is 1. The predicted molar refractivity (Wildman–Crippen MR) is 71.0 cm³/mol. The molecular formula is C13H9ClF6N2. The number of aromatic nitrogens is 1. The first-order valence-corrected chi connectivity index (χ1v) is 6.56. The molecule has 2 nitrogen and oxygen atoms in total. The number of nitrogens with one attached hydrogen (secondary N) is 1. The standard InChI is InChI=1S/C13H9ClF6N2/c14-4-5-21-9-6-10(13(18,19)20)22-11-7(9)2-1-3-8(11)12(15,16)17/h1-3,6H,4-5H2,(H,21,22). The second-order valence-electron chi connectivity index (χ2n) is 4.37. The maximum atomic E-state index is 13.0. The Hall–Kier alpha value is -1.70. The molecule has 0 saturated heterocycles. The van der Waals surface area contributed by atoms with E-state index in [1.165, 1.54) is 6.07 Å². The molecule has 0 aliphatic rings. The van der Waals surface area contributed by atoms with Crippen LogP contribution in [0.15, 0.2) is 24.3 Å². The Kier molecular flexibility index (Phi) is 4.42. The molecule has 1 aromatic carbocycles. The van der Waals surface area contributed by atoms with E-state index in [1.54, 1.807) is 0 Å². The van der Waals surface area contributed by atoms with Crippen molar-refractivity contribution in [2.24, 2.45) is 0 Å². The van der Waals surface area contributed by atoms with Crippen LogP contribution in [-0.4, -0.2) is 17.4 Å². The van der Waals surface area contributed by atoms with Crippen LogP contribution in [0.5, 0.6) is 0 Å². The molecule has 0 spiro atoms. The lowest BCUT2D eigenvalue weighted by Crippen LogP contribution is -2.13. The van der Waals surface area contributed by atoms with Crippen molar-refractivity contribution in [1.29, 1.82) is 0 Å². The second kappa shape index (κ2) is 5.83. The van der Waals surface area contributed by atoms with Crippen LogP contribution in [0, 0.1) is 0 Å². The molecule has 9 heteroatoms. The average Bonchev–Trinajstić information content (AvgIpc) is 2.41. The van der Waals surface area contributed by atoms with E-state index >= 15 is 0 Å². The predicted octanol–water partition coefficient (Wildman–Crippen LogP) is 4.92. The zero-order valence-corrected chi connectivity index (χ0v) is 11.6. The van der Waals surface area contributed by atoms with E-state index in [4.69, 9.17) is 11.6 Å². The van der Waals surface area contributed by atoms with Gasteiger partial charge < -0.3 is 5.32 Å². The summed E-state index contributed by atoms with van der Waals surface area (Å²) in [5.41, 5.74) is -3.45. The highest BCUT2D eigenvalue weighted by molar-refractivity contribution is 6.18. The van der Waals surface area contributed by atoms with E-state index in [0.717, 1.165) is 6.07 Å². The Morgan fingerprint density at radius 1 is 1.05 bits per heavy atom. The van der Waals surface area contributed by atoms with Gasteiger partial charge in [-0.1, -0.05) is 12.1 Å². The molecular weight excluding hydrogens is 334 g/mol. The summed E-state index contributed by atoms with van der Waals surface area (Å²) in [6.45, 7) is 0.105. The van der Waals surface area contributed by atoms with E-state index in [-0.39, 0.29) is 23.5 Å². The third-order valence-electron chi connectivity index (χ3n) is 2.85. The van der Waals surface area contributed by atoms with Gasteiger partial charge in [0.1, 0.15) is 5.69 Å². The van der Waals surface area contributed by atoms with Crippen LogP contribution in [0.2, 0.25) is 0 Å². The summed E-state index contributed by atoms with van der Waals surface area (Å²) in [5.74, 6) is 0.0874. The van der Waals surface area contributed by atoms with Crippen LogP contribution >= 0.6 is 11.6 Å². The first-order chi connectivity index (χ1) is 10.1. The van der Waals surface area contributed by atoms with E-state index in [1.807, 2.05) is 0 Å². The fraction of sp³-hybridized carbons (Fsp3) is 0.308. The monoisotopic (exact) mass is 342 g/mol. The number of rotatable bonds is 3. The molecule has 0 fully saturated rings. The molecule has 1 aromatic heterocycles. The second-order valence-corrected chi connectivity index (χ2v) is 4.75. The molecule has 1 N–H and O–H groups in total. The number of nitrogens with zero attached hydrogens (tertiary/aromatic N) is 1. The molecule has 0 radical (unpaired) electrons. The highest BCUT2D eigenvalue weighted by Crippen LogP contribution is 2.38. The van der Waals surface area contributed by atoms with Crippen molar-refractivity contribution in [3.05, 3.63) is 35.5 Å². The molecule has 0 unspecified atom stereocenters. The average molecular weight is 343 g/mol. The highest BCUT2D eigenvalue weighted by Gasteiger charge is 2.37. The van der Waals surface area contributed by atoms with E-state index in [0.29, 0.717) is 12.1 Å². The summed E-state index contributed by atoms with van der Waals surface area (Å²) < 4.78 is 77.4. The third kappa shape index (κ3) is 3.37. The van der Waals surface area contributed by atoms with Crippen molar-refractivity contribution < 1.29 is 26.3 Å². The van der Waals surface area contributed by atoms with Gasteiger partial charge in [-0.05, 0) is 12.1 Å². The Labute approximate surface area is 126 Å². The quantitative estimate of drug-likeness (QED) is 0.632. The number of halogens is 7. The van der Waals surface area contributed by atoms with Crippen LogP contribution in [0.4, 0.5) is 32.0 Å². The largest absolute Gasteiger partial charge is 0.433 e. The van der Waals surface area contributed by atoms with Crippen molar-refractivity contribution in [2.45, 2.75) is 12.4 Å². The smallest absolute Gasteiger partial charge is 0.383 e. The van der Waals surface area contributed by atoms with E-state index < -0.39 is 29.1 Å². The first-order valence-electron chi connectivity index (χ1n) is 6.02. The van der Waals surface area contributed by atoms with Crippen LogP contribution in [0.3, 0.4) is 0 Å². The normalized spacial score (nSPS) is 12.7. The molecule has 2 aromatic rings. The minimum Gasteiger partial charge on any atom is -0.383 e. The molecule has 0 atom stereocenters. The number of anilines is 1. The molecule has 120 valence electrons. The molecule has 0 bridgehead atoms. The van der Waals surface area contributed by atoms with Gasteiger partial charge in [0.2, 0.25) is 0 Å². The van der Waals surface area contributed by atoms with E-state index in [9.17, 15) is 26.3 Å². The van der Waals surface area contributed by atoms with Gasteiger partial charge in [0.15, 0.2) is 0 Å². The number of hydrogen-bond donors (Lipinski definition) is 1. The zero-order valence-electron chi connectivity index (χ0n) is 10.8. The number of hydrogen-bond acceptors (Lipinski definition) is 2. The lowest BCUT2D eigenvalue weighted by atomic mass is 10.1. The molecule has 0 aliphatic heterocycles. The summed E-state index contributed by atoms with van der Waals surface area (Å²) >= 11 is 5.46. The van der Waals surface area contributed by atoms with Crippen LogP contribution < -0.4 is 5.32 Å². The topological polar surface area (TPSA) is 24.9 Å². The Morgan fingerprint density at radius 3 is 2.27 bits per heavy atom. The molecule has 1 heterocycles. The summed E-state index contributed by atoms with van der Waals surface area (Å²) in [7, 11) is 0. The van der Waals surface area contributed by atoms with Gasteiger partial charge in [0.05, 0.1) is 11.1 Å². The summed E-state index contributed by atoms with van der Waals surface area (Å²) in [6, 6.07) is 3.76. The van der Waals surface area contributed by atoms with Crippen molar-refractivity contribution in [3.63, 3.8) is 0 Å². The number of para-hydroxylation sites is 1. The number of benzene rings is 1. The van der Waals surface area contributed by atoms with Gasteiger partial charge in [-0.2, -0.15) is 26.3 Å². The van der Waals surface area contributed by atoms with Crippen LogP contribution in [-0.2, 0) is 12.4 Å². The fourth-order valence-corrected chi connectivity index (χ4v) is 2.05. The molecule has 2 rings (SSSR count). The van der Waals surface area contributed by atoms with Crippen molar-refractivity contribution >= 4 is 28.2 Å². The van der Waals surface area contributed by atoms with Crippen LogP contribution in [0.1, 0.15) is 11.3 Å². The lowest BCUT2D eigenvalue weighted by Gasteiger charge is -2.16. The Balaban J connectivity index is 2.77. The zero-order chi connectivity index (χ0) is 16.5. The minimum atomic E-state index is -4.86. The maximum absolute atomic E-state index is 13.0. The maximum Gasteiger partial charge on any atom is 0.433 e. The highest BCUT2D eigenvalue weighted by atomic mass is 35.5. The third-order valence-corrected chi connectivity index (χ3v) is 3.03.